The van der Waals surface area contributed by atoms with Gasteiger partial charge >= 0.3 is 5.97 Å². The van der Waals surface area contributed by atoms with E-state index in [9.17, 15) is 9.18 Å². The molecule has 0 spiro atoms. The van der Waals surface area contributed by atoms with Crippen molar-refractivity contribution in [1.82, 2.24) is 0 Å². The third-order valence-corrected chi connectivity index (χ3v) is 1.88. The lowest BCUT2D eigenvalue weighted by Gasteiger charge is -2.00. The molecule has 0 bridgehead atoms. The lowest BCUT2D eigenvalue weighted by atomic mass is 10.2. The number of hydrogen-bond acceptors (Lipinski definition) is 2. The molecule has 0 unspecified atom stereocenters. The van der Waals surface area contributed by atoms with Crippen LogP contribution in [0, 0.1) is 9.39 Å². The number of carboxylic acid groups (broad SMARTS) is 1. The van der Waals surface area contributed by atoms with E-state index < -0.39 is 23.1 Å². The highest BCUT2D eigenvalue weighted by Gasteiger charge is 2.14. The van der Waals surface area contributed by atoms with Crippen molar-refractivity contribution in [1.29, 1.82) is 0 Å². The van der Waals surface area contributed by atoms with Crippen LogP contribution in [0.4, 0.5) is 4.39 Å². The first-order chi connectivity index (χ1) is 5.52. The van der Waals surface area contributed by atoms with Gasteiger partial charge in [-0.2, -0.15) is 0 Å². The molecule has 0 radical (unpaired) electrons. The molecule has 12 heavy (non-hydrogen) atoms. The SMILES string of the molecule is O=C(O)c1cc(I)cc(F)c1O. The second kappa shape index (κ2) is 3.26. The van der Waals surface area contributed by atoms with Gasteiger partial charge in [0.2, 0.25) is 0 Å². The molecule has 0 aromatic heterocycles. The Labute approximate surface area is 81.0 Å². The number of rotatable bonds is 1. The summed E-state index contributed by atoms with van der Waals surface area (Å²) in [4.78, 5) is 10.4. The van der Waals surface area contributed by atoms with Gasteiger partial charge in [-0.25, -0.2) is 9.18 Å². The van der Waals surface area contributed by atoms with E-state index >= 15 is 0 Å². The molecule has 0 fully saturated rings. The molecule has 3 nitrogen and oxygen atoms in total. The number of aromatic hydroxyl groups is 1. The van der Waals surface area contributed by atoms with Crippen LogP contribution in [0.15, 0.2) is 12.1 Å². The summed E-state index contributed by atoms with van der Waals surface area (Å²) in [7, 11) is 0. The number of hydrogen-bond donors (Lipinski definition) is 2. The standard InChI is InChI=1S/C7H4FIO3/c8-5-2-3(9)1-4(6(5)10)7(11)12/h1-2,10H,(H,11,12). The van der Waals surface area contributed by atoms with Gasteiger partial charge in [-0.3, -0.25) is 0 Å². The van der Waals surface area contributed by atoms with Crippen LogP contribution < -0.4 is 0 Å². The van der Waals surface area contributed by atoms with Crippen molar-refractivity contribution in [3.8, 4) is 5.75 Å². The van der Waals surface area contributed by atoms with E-state index in [0.29, 0.717) is 3.57 Å². The second-order valence-electron chi connectivity index (χ2n) is 2.09. The highest BCUT2D eigenvalue weighted by atomic mass is 127. The van der Waals surface area contributed by atoms with Gasteiger partial charge in [-0.05, 0) is 34.7 Å². The molecule has 5 heteroatoms. The number of benzene rings is 1. The monoisotopic (exact) mass is 282 g/mol. The molecule has 0 aliphatic rings. The van der Waals surface area contributed by atoms with E-state index in [1.807, 2.05) is 0 Å². The molecule has 0 amide bonds. The minimum atomic E-state index is -1.34. The zero-order valence-electron chi connectivity index (χ0n) is 5.71. The van der Waals surface area contributed by atoms with Gasteiger partial charge in [-0.15, -0.1) is 0 Å². The molecule has 1 rings (SSSR count). The lowest BCUT2D eigenvalue weighted by Crippen LogP contribution is -1.98. The van der Waals surface area contributed by atoms with Crippen LogP contribution in [0.25, 0.3) is 0 Å². The summed E-state index contributed by atoms with van der Waals surface area (Å²) in [5.74, 6) is -3.08. The highest BCUT2D eigenvalue weighted by molar-refractivity contribution is 14.1. The van der Waals surface area contributed by atoms with Gasteiger partial charge in [-0.1, -0.05) is 0 Å². The molecular weight excluding hydrogens is 278 g/mol. The van der Waals surface area contributed by atoms with Crippen LogP contribution in [0.1, 0.15) is 10.4 Å². The Morgan fingerprint density at radius 2 is 2.08 bits per heavy atom. The van der Waals surface area contributed by atoms with Gasteiger partial charge in [0.25, 0.3) is 0 Å². The molecule has 0 heterocycles. The average molecular weight is 282 g/mol. The predicted molar refractivity (Wildman–Crippen MR) is 47.7 cm³/mol. The van der Waals surface area contributed by atoms with Crippen molar-refractivity contribution < 1.29 is 19.4 Å². The van der Waals surface area contributed by atoms with Crippen LogP contribution in [-0.4, -0.2) is 16.2 Å². The van der Waals surface area contributed by atoms with Crippen LogP contribution >= 0.6 is 22.6 Å². The van der Waals surface area contributed by atoms with Crippen molar-refractivity contribution in [3.05, 3.63) is 27.1 Å². The zero-order valence-corrected chi connectivity index (χ0v) is 7.87. The Kier molecular flexibility index (Phi) is 2.51. The van der Waals surface area contributed by atoms with Gasteiger partial charge in [0.05, 0.1) is 0 Å². The summed E-state index contributed by atoms with van der Waals surface area (Å²) in [6, 6.07) is 2.25. The molecule has 0 atom stereocenters. The largest absolute Gasteiger partial charge is 0.504 e. The summed E-state index contributed by atoms with van der Waals surface area (Å²) < 4.78 is 13.1. The van der Waals surface area contributed by atoms with E-state index in [0.717, 1.165) is 6.07 Å². The Hall–Kier alpha value is -0.850. The van der Waals surface area contributed by atoms with E-state index in [1.165, 1.54) is 6.07 Å². The number of phenols is 1. The fraction of sp³-hybridized carbons (Fsp3) is 0. The molecular formula is C7H4FIO3. The van der Waals surface area contributed by atoms with Gasteiger partial charge in [0, 0.05) is 3.57 Å². The Morgan fingerprint density at radius 3 is 2.58 bits per heavy atom. The second-order valence-corrected chi connectivity index (χ2v) is 3.33. The number of carboxylic acids is 1. The fourth-order valence-electron chi connectivity index (χ4n) is 0.729. The van der Waals surface area contributed by atoms with Gasteiger partial charge in [0.15, 0.2) is 11.6 Å². The molecule has 0 aliphatic heterocycles. The normalized spacial score (nSPS) is 9.83. The molecule has 1 aromatic carbocycles. The summed E-state index contributed by atoms with van der Waals surface area (Å²) in [6.07, 6.45) is 0. The Balaban J connectivity index is 3.37. The third kappa shape index (κ3) is 1.66. The maximum atomic E-state index is 12.7. The predicted octanol–water partition coefficient (Wildman–Crippen LogP) is 1.83. The molecule has 64 valence electrons. The molecule has 0 saturated carbocycles. The van der Waals surface area contributed by atoms with E-state index in [2.05, 4.69) is 0 Å². The van der Waals surface area contributed by atoms with Crippen molar-refractivity contribution >= 4 is 28.6 Å². The average Bonchev–Trinajstić information content (AvgIpc) is 1.96. The lowest BCUT2D eigenvalue weighted by molar-refractivity contribution is 0.0692. The van der Waals surface area contributed by atoms with Crippen LogP contribution in [-0.2, 0) is 0 Å². The summed E-state index contributed by atoms with van der Waals surface area (Å²) in [5.41, 5.74) is -0.417. The fourth-order valence-corrected chi connectivity index (χ4v) is 1.31. The molecule has 1 aromatic rings. The first-order valence-corrected chi connectivity index (χ1v) is 4.01. The van der Waals surface area contributed by atoms with Crippen molar-refractivity contribution in [2.45, 2.75) is 0 Å². The minimum Gasteiger partial charge on any atom is -0.504 e. The Bertz CT molecular complexity index is 338. The summed E-state index contributed by atoms with van der Waals surface area (Å²) in [5, 5.41) is 17.4. The first-order valence-electron chi connectivity index (χ1n) is 2.93. The number of carbonyl (C=O) groups is 1. The van der Waals surface area contributed by atoms with Gasteiger partial charge < -0.3 is 10.2 Å². The smallest absolute Gasteiger partial charge is 0.339 e. The first kappa shape index (κ1) is 9.24. The number of halogens is 2. The van der Waals surface area contributed by atoms with Crippen molar-refractivity contribution in [2.75, 3.05) is 0 Å². The topological polar surface area (TPSA) is 57.5 Å². The van der Waals surface area contributed by atoms with Crippen molar-refractivity contribution in [3.63, 3.8) is 0 Å². The Morgan fingerprint density at radius 1 is 1.50 bits per heavy atom. The molecule has 2 N–H and O–H groups in total. The summed E-state index contributed by atoms with van der Waals surface area (Å²) in [6.45, 7) is 0. The van der Waals surface area contributed by atoms with Crippen molar-refractivity contribution in [2.24, 2.45) is 0 Å². The van der Waals surface area contributed by atoms with Crippen LogP contribution in [0.5, 0.6) is 5.75 Å². The van der Waals surface area contributed by atoms with E-state index in [-0.39, 0.29) is 0 Å². The minimum absolute atomic E-state index is 0.417. The number of aromatic carboxylic acids is 1. The quantitative estimate of drug-likeness (QED) is 0.773. The zero-order chi connectivity index (χ0) is 9.30. The van der Waals surface area contributed by atoms with Gasteiger partial charge in [0.1, 0.15) is 5.56 Å². The van der Waals surface area contributed by atoms with Crippen LogP contribution in [0.2, 0.25) is 0 Å². The highest BCUT2D eigenvalue weighted by Crippen LogP contribution is 2.23. The van der Waals surface area contributed by atoms with Crippen LogP contribution in [0.3, 0.4) is 0 Å². The molecule has 0 saturated heterocycles. The maximum Gasteiger partial charge on any atom is 0.339 e. The molecule has 0 aliphatic carbocycles. The third-order valence-electron chi connectivity index (χ3n) is 1.26. The maximum absolute atomic E-state index is 12.7. The summed E-state index contributed by atoms with van der Waals surface area (Å²) >= 11 is 1.77. The van der Waals surface area contributed by atoms with E-state index in [1.54, 1.807) is 22.6 Å². The van der Waals surface area contributed by atoms with E-state index in [4.69, 9.17) is 10.2 Å².